The first-order valence-corrected chi connectivity index (χ1v) is 7.61. The van der Waals surface area contributed by atoms with Gasteiger partial charge in [-0.2, -0.15) is 0 Å². The lowest BCUT2D eigenvalue weighted by atomic mass is 10.2. The molecule has 1 aliphatic heterocycles. The van der Waals surface area contributed by atoms with E-state index in [0.29, 0.717) is 6.10 Å². The largest absolute Gasteiger partial charge is 0.376 e. The molecule has 0 bridgehead atoms. The number of nitrogens with zero attached hydrogens (tertiary/aromatic N) is 1. The lowest BCUT2D eigenvalue weighted by Crippen LogP contribution is -2.38. The summed E-state index contributed by atoms with van der Waals surface area (Å²) in [6, 6.07) is 12.1. The number of benzene rings is 1. The Hall–Kier alpha value is -1.16. The molecular weight excluding hydrogens is 272 g/mol. The zero-order chi connectivity index (χ0) is 14.0. The van der Waals surface area contributed by atoms with E-state index in [4.69, 9.17) is 16.3 Å². The molecule has 0 aliphatic carbocycles. The third-order valence-corrected chi connectivity index (χ3v) is 3.44. The van der Waals surface area contributed by atoms with Crippen LogP contribution in [-0.4, -0.2) is 36.7 Å². The maximum atomic E-state index is 5.54. The van der Waals surface area contributed by atoms with Gasteiger partial charge in [-0.25, -0.2) is 0 Å². The van der Waals surface area contributed by atoms with E-state index in [2.05, 4.69) is 22.4 Å². The number of aromatic nitrogens is 1. The van der Waals surface area contributed by atoms with Crippen molar-refractivity contribution >= 4 is 22.5 Å². The second-order valence-corrected chi connectivity index (χ2v) is 5.10. The molecule has 1 N–H and O–H groups in total. The maximum Gasteiger partial charge on any atom is 0.0701 e. The molecule has 0 spiro atoms. The van der Waals surface area contributed by atoms with Crippen molar-refractivity contribution in [3.63, 3.8) is 0 Å². The van der Waals surface area contributed by atoms with E-state index in [9.17, 15) is 0 Å². The molecule has 1 aromatic heterocycles. The molecule has 2 heterocycles. The highest BCUT2D eigenvalue weighted by Crippen LogP contribution is 2.08. The van der Waals surface area contributed by atoms with Crippen LogP contribution in [0.1, 0.15) is 12.8 Å². The molecular formula is C16H21ClN2O. The molecule has 1 aliphatic rings. The number of halogens is 1. The first-order valence-electron chi connectivity index (χ1n) is 7.08. The predicted molar refractivity (Wildman–Crippen MR) is 84.3 cm³/mol. The number of para-hydroxylation sites is 1. The highest BCUT2D eigenvalue weighted by atomic mass is 35.5. The van der Waals surface area contributed by atoms with Crippen molar-refractivity contribution < 1.29 is 4.74 Å². The van der Waals surface area contributed by atoms with E-state index in [1.54, 1.807) is 0 Å². The molecule has 1 atom stereocenters. The fourth-order valence-electron chi connectivity index (χ4n) is 2.13. The molecule has 1 fully saturated rings. The van der Waals surface area contributed by atoms with Gasteiger partial charge < -0.3 is 10.1 Å². The number of ether oxygens (including phenoxy) is 1. The second kappa shape index (κ2) is 8.90. The van der Waals surface area contributed by atoms with Crippen LogP contribution in [0, 0.1) is 0 Å². The Bertz CT molecular complexity index is 435. The van der Waals surface area contributed by atoms with Crippen molar-refractivity contribution in [3.8, 4) is 0 Å². The van der Waals surface area contributed by atoms with Gasteiger partial charge in [0.1, 0.15) is 0 Å². The first-order chi connectivity index (χ1) is 9.90. The van der Waals surface area contributed by atoms with E-state index >= 15 is 0 Å². The van der Waals surface area contributed by atoms with Crippen molar-refractivity contribution in [1.29, 1.82) is 0 Å². The van der Waals surface area contributed by atoms with Crippen molar-refractivity contribution in [2.45, 2.75) is 18.9 Å². The van der Waals surface area contributed by atoms with Crippen molar-refractivity contribution in [2.75, 3.05) is 25.6 Å². The van der Waals surface area contributed by atoms with E-state index in [-0.39, 0.29) is 0 Å². The number of rotatable bonds is 3. The van der Waals surface area contributed by atoms with Crippen molar-refractivity contribution in [2.24, 2.45) is 0 Å². The highest BCUT2D eigenvalue weighted by Gasteiger charge is 2.11. The summed E-state index contributed by atoms with van der Waals surface area (Å²) >= 11 is 5.54. The van der Waals surface area contributed by atoms with Gasteiger partial charge in [-0.3, -0.25) is 4.98 Å². The molecule has 0 radical (unpaired) electrons. The van der Waals surface area contributed by atoms with Crippen molar-refractivity contribution in [3.05, 3.63) is 42.6 Å². The molecule has 1 aromatic carbocycles. The molecule has 2 aromatic rings. The van der Waals surface area contributed by atoms with Crippen LogP contribution >= 0.6 is 11.6 Å². The Labute approximate surface area is 125 Å². The minimum absolute atomic E-state index is 0.410. The van der Waals surface area contributed by atoms with Gasteiger partial charge in [-0.1, -0.05) is 24.3 Å². The van der Waals surface area contributed by atoms with Crippen LogP contribution in [0.5, 0.6) is 0 Å². The second-order valence-electron chi connectivity index (χ2n) is 4.72. The van der Waals surface area contributed by atoms with Gasteiger partial charge in [0.2, 0.25) is 0 Å². The summed E-state index contributed by atoms with van der Waals surface area (Å²) in [6.07, 6.45) is 4.37. The number of nitrogens with one attached hydrogen (secondary N) is 1. The number of hydrogen-bond donors (Lipinski definition) is 1. The summed E-state index contributed by atoms with van der Waals surface area (Å²) in [5.74, 6) is 0.750. The van der Waals surface area contributed by atoms with Crippen LogP contribution in [0.3, 0.4) is 0 Å². The number of fused-ring (bicyclic) bond motifs is 1. The normalized spacial score (nSPS) is 18.4. The summed E-state index contributed by atoms with van der Waals surface area (Å²) in [7, 11) is 0. The molecule has 0 saturated carbocycles. The monoisotopic (exact) mass is 292 g/mol. The summed E-state index contributed by atoms with van der Waals surface area (Å²) in [4.78, 5) is 4.18. The lowest BCUT2D eigenvalue weighted by molar-refractivity contribution is 0.0233. The quantitative estimate of drug-likeness (QED) is 0.882. The Morgan fingerprint density at radius 2 is 2.10 bits per heavy atom. The first kappa shape index (κ1) is 15.2. The summed E-state index contributed by atoms with van der Waals surface area (Å²) in [5.41, 5.74) is 1.06. The van der Waals surface area contributed by atoms with Crippen LogP contribution in [0.2, 0.25) is 0 Å². The van der Waals surface area contributed by atoms with Gasteiger partial charge in [0, 0.05) is 30.6 Å². The average molecular weight is 293 g/mol. The smallest absolute Gasteiger partial charge is 0.0701 e. The zero-order valence-electron chi connectivity index (χ0n) is 11.6. The van der Waals surface area contributed by atoms with Gasteiger partial charge in [-0.05, 0) is 25.0 Å². The topological polar surface area (TPSA) is 34.1 Å². The third kappa shape index (κ3) is 5.08. The summed E-state index contributed by atoms with van der Waals surface area (Å²) in [6.45, 7) is 2.85. The summed E-state index contributed by atoms with van der Waals surface area (Å²) in [5, 5.41) is 4.47. The molecule has 3 rings (SSSR count). The van der Waals surface area contributed by atoms with Crippen LogP contribution in [-0.2, 0) is 4.74 Å². The molecule has 108 valence electrons. The van der Waals surface area contributed by atoms with Crippen LogP contribution in [0.4, 0.5) is 0 Å². The number of pyridine rings is 1. The number of hydrogen-bond acceptors (Lipinski definition) is 3. The molecule has 20 heavy (non-hydrogen) atoms. The molecule has 4 heteroatoms. The van der Waals surface area contributed by atoms with Crippen LogP contribution in [0.15, 0.2) is 42.6 Å². The lowest BCUT2D eigenvalue weighted by Gasteiger charge is -2.22. The minimum Gasteiger partial charge on any atom is -0.376 e. The SMILES string of the molecule is ClCCCC1CNCCO1.c1ccc2ncccc2c1. The maximum absolute atomic E-state index is 5.54. The Morgan fingerprint density at radius 3 is 2.85 bits per heavy atom. The minimum atomic E-state index is 0.410. The van der Waals surface area contributed by atoms with E-state index in [1.165, 1.54) is 5.39 Å². The number of morpholine rings is 1. The van der Waals surface area contributed by atoms with Crippen molar-refractivity contribution in [1.82, 2.24) is 10.3 Å². The van der Waals surface area contributed by atoms with Crippen LogP contribution < -0.4 is 5.32 Å². The van der Waals surface area contributed by atoms with Gasteiger partial charge in [-0.15, -0.1) is 11.6 Å². The Morgan fingerprint density at radius 1 is 1.25 bits per heavy atom. The molecule has 1 unspecified atom stereocenters. The van der Waals surface area contributed by atoms with Gasteiger partial charge in [0.15, 0.2) is 0 Å². The van der Waals surface area contributed by atoms with E-state index < -0.39 is 0 Å². The molecule has 0 amide bonds. The van der Waals surface area contributed by atoms with E-state index in [1.807, 2.05) is 30.5 Å². The highest BCUT2D eigenvalue weighted by molar-refractivity contribution is 6.17. The standard InChI is InChI=1S/C9H7N.C7H14ClNO/c1-2-6-9-8(4-1)5-3-7-10-9;8-3-1-2-7-6-9-4-5-10-7/h1-7H;7,9H,1-6H2. The third-order valence-electron chi connectivity index (χ3n) is 3.18. The number of alkyl halides is 1. The summed E-state index contributed by atoms with van der Waals surface area (Å²) < 4.78 is 5.46. The Balaban J connectivity index is 0.000000147. The van der Waals surface area contributed by atoms with Gasteiger partial charge in [0.25, 0.3) is 0 Å². The average Bonchev–Trinajstić information content (AvgIpc) is 2.55. The van der Waals surface area contributed by atoms with Gasteiger partial charge in [0.05, 0.1) is 18.2 Å². The molecule has 1 saturated heterocycles. The van der Waals surface area contributed by atoms with Crippen LogP contribution in [0.25, 0.3) is 10.9 Å². The fraction of sp³-hybridized carbons (Fsp3) is 0.438. The predicted octanol–water partition coefficient (Wildman–Crippen LogP) is 3.23. The molecule has 3 nitrogen and oxygen atoms in total. The Kier molecular flexibility index (Phi) is 6.78. The van der Waals surface area contributed by atoms with E-state index in [0.717, 1.165) is 43.9 Å². The fourth-order valence-corrected chi connectivity index (χ4v) is 2.28. The van der Waals surface area contributed by atoms with Gasteiger partial charge >= 0.3 is 0 Å². The zero-order valence-corrected chi connectivity index (χ0v) is 12.4.